The molecule has 1 aromatic heterocycles. The first-order valence-corrected chi connectivity index (χ1v) is 11.4. The van der Waals surface area contributed by atoms with Crippen molar-refractivity contribution in [3.05, 3.63) is 11.1 Å². The monoisotopic (exact) mass is 482 g/mol. The number of aromatic nitrogens is 2. The van der Waals surface area contributed by atoms with Crippen molar-refractivity contribution in [2.45, 2.75) is 63.8 Å². The molecule has 0 unspecified atom stereocenters. The molecule has 1 amide bonds. The number of amides is 1. The fraction of sp³-hybridized carbons (Fsp3) is 0.722. The van der Waals surface area contributed by atoms with E-state index in [1.165, 1.54) is 0 Å². The lowest BCUT2D eigenvalue weighted by Crippen LogP contribution is -2.47. The van der Waals surface area contributed by atoms with Crippen molar-refractivity contribution >= 4 is 22.0 Å². The Bertz CT molecular complexity index is 965. The van der Waals surface area contributed by atoms with E-state index >= 15 is 0 Å². The average Bonchev–Trinajstić information content (AvgIpc) is 2.68. The molecule has 0 aliphatic carbocycles. The summed E-state index contributed by atoms with van der Waals surface area (Å²) < 4.78 is 75.9. The van der Waals surface area contributed by atoms with E-state index in [1.54, 1.807) is 25.7 Å². The third-order valence-corrected chi connectivity index (χ3v) is 5.72. The molecule has 14 heteroatoms. The lowest BCUT2D eigenvalue weighted by atomic mass is 10.0. The first kappa shape index (κ1) is 24.3. The number of hydrogen-bond acceptors (Lipinski definition) is 9. The molecular weight excluding hydrogens is 457 g/mol. The Kier molecular flexibility index (Phi) is 6.75. The highest BCUT2D eigenvalue weighted by atomic mass is 32.2. The van der Waals surface area contributed by atoms with Gasteiger partial charge >= 0.3 is 21.7 Å². The largest absolute Gasteiger partial charge is 0.534 e. The predicted molar refractivity (Wildman–Crippen MR) is 105 cm³/mol. The number of nitrogens with zero attached hydrogens (tertiary/aromatic N) is 3. The van der Waals surface area contributed by atoms with Crippen LogP contribution in [0.2, 0.25) is 0 Å². The summed E-state index contributed by atoms with van der Waals surface area (Å²) in [6, 6.07) is -0.220. The van der Waals surface area contributed by atoms with Crippen LogP contribution in [-0.2, 0) is 32.6 Å². The number of anilines is 1. The second-order valence-electron chi connectivity index (χ2n) is 8.51. The van der Waals surface area contributed by atoms with Gasteiger partial charge in [0.05, 0.1) is 13.2 Å². The van der Waals surface area contributed by atoms with Crippen LogP contribution in [0.1, 0.15) is 44.7 Å². The first-order valence-electron chi connectivity index (χ1n) is 9.98. The number of carbonyl (C=O) groups is 1. The first-order chi connectivity index (χ1) is 14.8. The second kappa shape index (κ2) is 8.89. The molecule has 180 valence electrons. The third kappa shape index (κ3) is 5.71. The summed E-state index contributed by atoms with van der Waals surface area (Å²) in [5.41, 5.74) is -5.67. The van der Waals surface area contributed by atoms with Gasteiger partial charge in [0, 0.05) is 36.7 Å². The van der Waals surface area contributed by atoms with Crippen LogP contribution < -0.4 is 9.50 Å². The van der Waals surface area contributed by atoms with Crippen molar-refractivity contribution in [1.82, 2.24) is 15.1 Å². The number of piperidine rings is 1. The zero-order valence-electron chi connectivity index (χ0n) is 17.9. The summed E-state index contributed by atoms with van der Waals surface area (Å²) in [6.45, 7) is 6.34. The van der Waals surface area contributed by atoms with Gasteiger partial charge in [0.15, 0.2) is 5.82 Å². The number of likely N-dealkylation sites (tertiary alicyclic amines) is 1. The van der Waals surface area contributed by atoms with Crippen molar-refractivity contribution in [3.63, 3.8) is 0 Å². The molecule has 2 aliphatic heterocycles. The minimum Gasteiger partial charge on any atom is -0.444 e. The molecule has 2 aliphatic rings. The van der Waals surface area contributed by atoms with Gasteiger partial charge in [-0.2, -0.15) is 21.6 Å². The summed E-state index contributed by atoms with van der Waals surface area (Å²) >= 11 is 0. The van der Waals surface area contributed by atoms with E-state index in [0.29, 0.717) is 31.5 Å². The van der Waals surface area contributed by atoms with Gasteiger partial charge in [-0.3, -0.25) is 0 Å². The van der Waals surface area contributed by atoms with Crippen molar-refractivity contribution in [2.75, 3.05) is 25.0 Å². The van der Waals surface area contributed by atoms with E-state index in [2.05, 4.69) is 19.7 Å². The number of alkyl halides is 3. The predicted octanol–water partition coefficient (Wildman–Crippen LogP) is 2.59. The molecule has 3 heterocycles. The van der Waals surface area contributed by atoms with E-state index < -0.39 is 33.2 Å². The second-order valence-corrected chi connectivity index (χ2v) is 10.0. The smallest absolute Gasteiger partial charge is 0.444 e. The molecule has 1 aromatic rings. The van der Waals surface area contributed by atoms with Gasteiger partial charge in [-0.25, -0.2) is 4.79 Å². The highest BCUT2D eigenvalue weighted by Crippen LogP contribution is 2.33. The van der Waals surface area contributed by atoms with Gasteiger partial charge in [-0.1, -0.05) is 0 Å². The molecule has 0 spiro atoms. The number of hydrogen-bond donors (Lipinski definition) is 1. The van der Waals surface area contributed by atoms with Crippen LogP contribution in [0.3, 0.4) is 0 Å². The minimum absolute atomic E-state index is 0.00187. The number of carbonyl (C=O) groups excluding carboxylic acids is 1. The molecule has 0 bridgehead atoms. The Balaban J connectivity index is 1.78. The van der Waals surface area contributed by atoms with Crippen LogP contribution in [0.15, 0.2) is 0 Å². The molecular formula is C18H25F3N4O6S. The van der Waals surface area contributed by atoms with Crippen LogP contribution >= 0.6 is 0 Å². The average molecular weight is 482 g/mol. The summed E-state index contributed by atoms with van der Waals surface area (Å²) in [5, 5.41) is 10.6. The molecule has 0 radical (unpaired) electrons. The Hall–Kier alpha value is -2.35. The summed E-state index contributed by atoms with van der Waals surface area (Å²) in [6.07, 6.45) is 1.07. The van der Waals surface area contributed by atoms with Gasteiger partial charge in [0.1, 0.15) is 5.60 Å². The fourth-order valence-electron chi connectivity index (χ4n) is 3.36. The molecule has 0 saturated carbocycles. The highest BCUT2D eigenvalue weighted by molar-refractivity contribution is 7.87. The number of ether oxygens (including phenoxy) is 2. The summed E-state index contributed by atoms with van der Waals surface area (Å²) in [7, 11) is -5.88. The Morgan fingerprint density at radius 1 is 1.22 bits per heavy atom. The Labute approximate surface area is 183 Å². The van der Waals surface area contributed by atoms with E-state index in [0.717, 1.165) is 0 Å². The standard InChI is InChI=1S/C18H25F3N4O6S/c1-17(2,3)30-16(26)25-7-4-5-11(9-25)22-14-13-10-29-8-6-12(13)15(24-23-14)31-32(27,28)18(19,20)21/h11H,4-10H2,1-3H3,(H,22,23)/t11-/m1/s1. The maximum Gasteiger partial charge on any atom is 0.534 e. The number of rotatable bonds is 4. The zero-order chi connectivity index (χ0) is 23.7. The Morgan fingerprint density at radius 3 is 2.59 bits per heavy atom. The van der Waals surface area contributed by atoms with Gasteiger partial charge in [0.2, 0.25) is 0 Å². The van der Waals surface area contributed by atoms with Gasteiger partial charge in [-0.05, 0) is 33.6 Å². The fourth-order valence-corrected chi connectivity index (χ4v) is 3.80. The molecule has 1 atom stereocenters. The van der Waals surface area contributed by atoms with Crippen LogP contribution in [0, 0.1) is 0 Å². The SMILES string of the molecule is CC(C)(C)OC(=O)N1CCC[C@@H](Nc2nnc(OS(=O)(=O)C(F)(F)F)c3c2COCC3)C1. The molecule has 1 N–H and O–H groups in total. The topological polar surface area (TPSA) is 120 Å². The number of nitrogens with one attached hydrogen (secondary N) is 1. The van der Waals surface area contributed by atoms with Crippen LogP contribution in [-0.4, -0.2) is 66.5 Å². The van der Waals surface area contributed by atoms with Crippen molar-refractivity contribution in [1.29, 1.82) is 0 Å². The van der Waals surface area contributed by atoms with Crippen molar-refractivity contribution in [2.24, 2.45) is 0 Å². The molecule has 1 fully saturated rings. The number of halogens is 3. The van der Waals surface area contributed by atoms with Crippen LogP contribution in [0.25, 0.3) is 0 Å². The summed E-state index contributed by atoms with van der Waals surface area (Å²) in [4.78, 5) is 13.9. The maximum absolute atomic E-state index is 12.7. The van der Waals surface area contributed by atoms with E-state index in [-0.39, 0.29) is 37.1 Å². The zero-order valence-corrected chi connectivity index (χ0v) is 18.7. The maximum atomic E-state index is 12.7. The molecule has 3 rings (SSSR count). The Morgan fingerprint density at radius 2 is 1.94 bits per heavy atom. The van der Waals surface area contributed by atoms with Crippen molar-refractivity contribution in [3.8, 4) is 5.88 Å². The molecule has 0 aromatic carbocycles. The minimum atomic E-state index is -5.88. The number of fused-ring (bicyclic) bond motifs is 1. The molecule has 10 nitrogen and oxygen atoms in total. The van der Waals surface area contributed by atoms with E-state index in [4.69, 9.17) is 9.47 Å². The normalized spacial score (nSPS) is 19.8. The lowest BCUT2D eigenvalue weighted by molar-refractivity contribution is -0.0502. The van der Waals surface area contributed by atoms with E-state index in [1.807, 2.05) is 0 Å². The van der Waals surface area contributed by atoms with Gasteiger partial charge in [-0.15, -0.1) is 10.2 Å². The third-order valence-electron chi connectivity index (χ3n) is 4.78. The lowest BCUT2D eigenvalue weighted by Gasteiger charge is -2.35. The van der Waals surface area contributed by atoms with E-state index in [9.17, 15) is 26.4 Å². The van der Waals surface area contributed by atoms with Crippen LogP contribution in [0.5, 0.6) is 5.88 Å². The quantitative estimate of drug-likeness (QED) is 0.510. The van der Waals surface area contributed by atoms with Gasteiger partial charge < -0.3 is 23.9 Å². The molecule has 1 saturated heterocycles. The van der Waals surface area contributed by atoms with Crippen LogP contribution in [0.4, 0.5) is 23.8 Å². The molecule has 32 heavy (non-hydrogen) atoms. The summed E-state index contributed by atoms with van der Waals surface area (Å²) in [5.74, 6) is -0.474. The highest BCUT2D eigenvalue weighted by Gasteiger charge is 2.49. The van der Waals surface area contributed by atoms with Gasteiger partial charge in [0.25, 0.3) is 5.88 Å². The van der Waals surface area contributed by atoms with Crippen molar-refractivity contribution < 1.29 is 40.0 Å².